The number of carbonyl (C=O) groups is 1. The smallest absolute Gasteiger partial charge is 0.254 e. The van der Waals surface area contributed by atoms with Crippen LogP contribution in [0.3, 0.4) is 0 Å². The standard InChI is InChI=1S/C20H28N6O2/c1-25(2)20-23-12-17(19(27)22-9-11-28-3)18(24-20)16-6-10-26(14-16)13-15-4-7-21-8-5-15/h4-5,7-8,12,16H,6,9-11,13-14H2,1-3H3,(H,22,27). The number of likely N-dealkylation sites (tertiary alicyclic amines) is 1. The molecule has 1 atom stereocenters. The molecule has 150 valence electrons. The molecule has 1 amide bonds. The largest absolute Gasteiger partial charge is 0.383 e. The second kappa shape index (κ2) is 9.57. The van der Waals surface area contributed by atoms with E-state index in [-0.39, 0.29) is 11.8 Å². The van der Waals surface area contributed by atoms with Crippen molar-refractivity contribution in [1.82, 2.24) is 25.2 Å². The summed E-state index contributed by atoms with van der Waals surface area (Å²) in [5, 5.41) is 2.89. The Labute approximate surface area is 166 Å². The second-order valence-corrected chi connectivity index (χ2v) is 7.19. The number of anilines is 1. The zero-order valence-corrected chi connectivity index (χ0v) is 16.8. The maximum Gasteiger partial charge on any atom is 0.254 e. The molecule has 3 rings (SSSR count). The summed E-state index contributed by atoms with van der Waals surface area (Å²) in [4.78, 5) is 30.1. The molecule has 1 fully saturated rings. The highest BCUT2D eigenvalue weighted by atomic mass is 16.5. The highest BCUT2D eigenvalue weighted by molar-refractivity contribution is 5.95. The summed E-state index contributed by atoms with van der Waals surface area (Å²) in [6.45, 7) is 3.65. The van der Waals surface area contributed by atoms with E-state index in [1.54, 1.807) is 13.3 Å². The predicted octanol–water partition coefficient (Wildman–Crippen LogP) is 1.30. The zero-order chi connectivity index (χ0) is 19.9. The molecular weight excluding hydrogens is 356 g/mol. The minimum Gasteiger partial charge on any atom is -0.383 e. The van der Waals surface area contributed by atoms with Gasteiger partial charge in [0.25, 0.3) is 5.91 Å². The molecule has 1 aliphatic rings. The fourth-order valence-corrected chi connectivity index (χ4v) is 3.39. The molecule has 0 aliphatic carbocycles. The Morgan fingerprint density at radius 3 is 2.86 bits per heavy atom. The van der Waals surface area contributed by atoms with Gasteiger partial charge in [-0.15, -0.1) is 0 Å². The summed E-state index contributed by atoms with van der Waals surface area (Å²) in [7, 11) is 5.42. The highest BCUT2D eigenvalue weighted by Gasteiger charge is 2.29. The van der Waals surface area contributed by atoms with E-state index in [9.17, 15) is 4.79 Å². The summed E-state index contributed by atoms with van der Waals surface area (Å²) in [6, 6.07) is 4.08. The maximum atomic E-state index is 12.7. The van der Waals surface area contributed by atoms with Crippen LogP contribution in [0, 0.1) is 0 Å². The molecule has 28 heavy (non-hydrogen) atoms. The van der Waals surface area contributed by atoms with Gasteiger partial charge in [0.1, 0.15) is 0 Å². The van der Waals surface area contributed by atoms with Crippen molar-refractivity contribution >= 4 is 11.9 Å². The molecule has 0 spiro atoms. The Morgan fingerprint density at radius 2 is 2.14 bits per heavy atom. The van der Waals surface area contributed by atoms with Crippen LogP contribution in [-0.4, -0.2) is 73.2 Å². The first-order chi connectivity index (χ1) is 13.6. The Hall–Kier alpha value is -2.58. The predicted molar refractivity (Wildman–Crippen MR) is 107 cm³/mol. The van der Waals surface area contributed by atoms with Gasteiger partial charge >= 0.3 is 0 Å². The van der Waals surface area contributed by atoms with Crippen molar-refractivity contribution < 1.29 is 9.53 Å². The van der Waals surface area contributed by atoms with Crippen molar-refractivity contribution in [3.8, 4) is 0 Å². The quantitative estimate of drug-likeness (QED) is 0.687. The summed E-state index contributed by atoms with van der Waals surface area (Å²) in [5.74, 6) is 0.674. The van der Waals surface area contributed by atoms with Crippen LogP contribution in [-0.2, 0) is 11.3 Å². The van der Waals surface area contributed by atoms with Crippen LogP contribution >= 0.6 is 0 Å². The molecule has 3 heterocycles. The molecule has 0 radical (unpaired) electrons. The first kappa shape index (κ1) is 20.2. The average Bonchev–Trinajstić information content (AvgIpc) is 3.16. The van der Waals surface area contributed by atoms with Gasteiger partial charge < -0.3 is 15.0 Å². The molecule has 0 saturated carbocycles. The Morgan fingerprint density at radius 1 is 1.36 bits per heavy atom. The molecule has 0 bridgehead atoms. The molecule has 1 N–H and O–H groups in total. The van der Waals surface area contributed by atoms with E-state index in [1.165, 1.54) is 5.56 Å². The van der Waals surface area contributed by atoms with Gasteiger partial charge in [-0.3, -0.25) is 14.7 Å². The second-order valence-electron chi connectivity index (χ2n) is 7.19. The molecular formula is C20H28N6O2. The number of hydrogen-bond donors (Lipinski definition) is 1. The van der Waals surface area contributed by atoms with E-state index in [4.69, 9.17) is 9.72 Å². The van der Waals surface area contributed by atoms with Crippen molar-refractivity contribution in [3.05, 3.63) is 47.5 Å². The van der Waals surface area contributed by atoms with Crippen molar-refractivity contribution in [2.75, 3.05) is 52.3 Å². The Kier molecular flexibility index (Phi) is 6.89. The van der Waals surface area contributed by atoms with Gasteiger partial charge in [0.05, 0.1) is 17.9 Å². The van der Waals surface area contributed by atoms with Gasteiger partial charge in [-0.25, -0.2) is 9.97 Å². The van der Waals surface area contributed by atoms with E-state index in [1.807, 2.05) is 43.5 Å². The normalized spacial score (nSPS) is 16.9. The van der Waals surface area contributed by atoms with Gasteiger partial charge in [0, 0.05) is 65.3 Å². The molecule has 0 aromatic carbocycles. The fraction of sp³-hybridized carbons (Fsp3) is 0.500. The number of hydrogen-bond acceptors (Lipinski definition) is 7. The molecule has 1 unspecified atom stereocenters. The van der Waals surface area contributed by atoms with Crippen LogP contribution in [0.5, 0.6) is 0 Å². The molecule has 8 heteroatoms. The summed E-state index contributed by atoms with van der Waals surface area (Å²) >= 11 is 0. The SMILES string of the molecule is COCCNC(=O)c1cnc(N(C)C)nc1C1CCN(Cc2ccncc2)C1. The lowest BCUT2D eigenvalue weighted by Crippen LogP contribution is -2.29. The van der Waals surface area contributed by atoms with Crippen molar-refractivity contribution in [3.63, 3.8) is 0 Å². The van der Waals surface area contributed by atoms with Gasteiger partial charge in [-0.05, 0) is 30.7 Å². The monoisotopic (exact) mass is 384 g/mol. The minimum atomic E-state index is -0.148. The lowest BCUT2D eigenvalue weighted by Gasteiger charge is -2.19. The number of nitrogens with one attached hydrogen (secondary N) is 1. The van der Waals surface area contributed by atoms with E-state index in [0.717, 1.165) is 31.7 Å². The van der Waals surface area contributed by atoms with Crippen molar-refractivity contribution in [2.24, 2.45) is 0 Å². The first-order valence-electron chi connectivity index (χ1n) is 9.51. The van der Waals surface area contributed by atoms with E-state index in [2.05, 4.69) is 20.2 Å². The number of amides is 1. The van der Waals surface area contributed by atoms with Crippen LogP contribution in [0.25, 0.3) is 0 Å². The topological polar surface area (TPSA) is 83.5 Å². The Bertz CT molecular complexity index is 784. The molecule has 8 nitrogen and oxygen atoms in total. The number of ether oxygens (including phenoxy) is 1. The van der Waals surface area contributed by atoms with Gasteiger partial charge in [0.2, 0.25) is 5.95 Å². The van der Waals surface area contributed by atoms with E-state index >= 15 is 0 Å². The van der Waals surface area contributed by atoms with Crippen LogP contribution < -0.4 is 10.2 Å². The van der Waals surface area contributed by atoms with Gasteiger partial charge in [-0.1, -0.05) is 0 Å². The lowest BCUT2D eigenvalue weighted by atomic mass is 9.99. The highest BCUT2D eigenvalue weighted by Crippen LogP contribution is 2.30. The van der Waals surface area contributed by atoms with Crippen molar-refractivity contribution in [2.45, 2.75) is 18.9 Å². The zero-order valence-electron chi connectivity index (χ0n) is 16.8. The molecule has 2 aromatic rings. The third-order valence-corrected chi connectivity index (χ3v) is 4.86. The minimum absolute atomic E-state index is 0.148. The van der Waals surface area contributed by atoms with Gasteiger partial charge in [-0.2, -0.15) is 0 Å². The van der Waals surface area contributed by atoms with Crippen molar-refractivity contribution in [1.29, 1.82) is 0 Å². The van der Waals surface area contributed by atoms with Crippen LogP contribution in [0.1, 0.15) is 34.0 Å². The number of nitrogens with zero attached hydrogens (tertiary/aromatic N) is 5. The number of rotatable bonds is 8. The Balaban J connectivity index is 1.77. The summed E-state index contributed by atoms with van der Waals surface area (Å²) < 4.78 is 5.02. The summed E-state index contributed by atoms with van der Waals surface area (Å²) in [6.07, 6.45) is 6.25. The molecule has 1 aliphatic heterocycles. The summed E-state index contributed by atoms with van der Waals surface area (Å²) in [5.41, 5.74) is 2.62. The first-order valence-corrected chi connectivity index (χ1v) is 9.51. The molecule has 1 saturated heterocycles. The lowest BCUT2D eigenvalue weighted by molar-refractivity contribution is 0.0934. The number of methoxy groups -OCH3 is 1. The number of carbonyl (C=O) groups excluding carboxylic acids is 1. The molecule has 2 aromatic heterocycles. The number of aromatic nitrogens is 3. The third kappa shape index (κ3) is 5.02. The number of pyridine rings is 1. The van der Waals surface area contributed by atoms with Crippen LogP contribution in [0.4, 0.5) is 5.95 Å². The average molecular weight is 384 g/mol. The fourth-order valence-electron chi connectivity index (χ4n) is 3.39. The van der Waals surface area contributed by atoms with Crippen LogP contribution in [0.2, 0.25) is 0 Å². The van der Waals surface area contributed by atoms with E-state index < -0.39 is 0 Å². The van der Waals surface area contributed by atoms with E-state index in [0.29, 0.717) is 24.7 Å². The van der Waals surface area contributed by atoms with Crippen LogP contribution in [0.15, 0.2) is 30.7 Å². The van der Waals surface area contributed by atoms with Gasteiger partial charge in [0.15, 0.2) is 0 Å². The maximum absolute atomic E-state index is 12.7. The third-order valence-electron chi connectivity index (χ3n) is 4.86.